The predicted molar refractivity (Wildman–Crippen MR) is 62.6 cm³/mol. The molecule has 0 unspecified atom stereocenters. The summed E-state index contributed by atoms with van der Waals surface area (Å²) in [7, 11) is 6.38. The SMILES string of the molecule is COC[n+]1cccc([C@H]2CCC[N+]2(C)C)c1. The highest BCUT2D eigenvalue weighted by Crippen LogP contribution is 2.34. The number of hydrogen-bond donors (Lipinski definition) is 0. The van der Waals surface area contributed by atoms with Gasteiger partial charge in [-0.1, -0.05) is 0 Å². The minimum atomic E-state index is 0.633. The van der Waals surface area contributed by atoms with E-state index < -0.39 is 0 Å². The van der Waals surface area contributed by atoms with Crippen LogP contribution in [0.25, 0.3) is 0 Å². The Kier molecular flexibility index (Phi) is 3.26. The van der Waals surface area contributed by atoms with E-state index in [1.807, 2.05) is 0 Å². The van der Waals surface area contributed by atoms with Crippen LogP contribution in [0.2, 0.25) is 0 Å². The summed E-state index contributed by atoms with van der Waals surface area (Å²) in [5.41, 5.74) is 1.43. The third-order valence-corrected chi connectivity index (χ3v) is 3.60. The Labute approximate surface area is 97.9 Å². The van der Waals surface area contributed by atoms with E-state index in [0.29, 0.717) is 12.8 Å². The number of ether oxygens (including phenoxy) is 1. The van der Waals surface area contributed by atoms with Gasteiger partial charge >= 0.3 is 0 Å². The van der Waals surface area contributed by atoms with Crippen molar-refractivity contribution < 1.29 is 13.8 Å². The highest BCUT2D eigenvalue weighted by atomic mass is 16.5. The van der Waals surface area contributed by atoms with Crippen LogP contribution in [0, 0.1) is 0 Å². The van der Waals surface area contributed by atoms with Crippen LogP contribution in [0.5, 0.6) is 0 Å². The number of pyridine rings is 1. The van der Waals surface area contributed by atoms with Crippen molar-refractivity contribution in [1.82, 2.24) is 0 Å². The molecule has 0 saturated carbocycles. The fourth-order valence-corrected chi connectivity index (χ4v) is 2.74. The van der Waals surface area contributed by atoms with Crippen molar-refractivity contribution in [2.24, 2.45) is 0 Å². The summed E-state index contributed by atoms with van der Waals surface area (Å²) >= 11 is 0. The van der Waals surface area contributed by atoms with E-state index in [4.69, 9.17) is 4.74 Å². The Bertz CT molecular complexity index is 363. The van der Waals surface area contributed by atoms with E-state index in [0.717, 1.165) is 4.48 Å². The summed E-state index contributed by atoms with van der Waals surface area (Å²) in [6.45, 7) is 1.91. The van der Waals surface area contributed by atoms with Crippen LogP contribution < -0.4 is 4.57 Å². The van der Waals surface area contributed by atoms with Gasteiger partial charge < -0.3 is 9.22 Å². The summed E-state index contributed by atoms with van der Waals surface area (Å²) in [4.78, 5) is 0. The van der Waals surface area contributed by atoms with Gasteiger partial charge in [0.1, 0.15) is 6.04 Å². The van der Waals surface area contributed by atoms with Gasteiger partial charge in [-0.3, -0.25) is 0 Å². The maximum atomic E-state index is 5.16. The topological polar surface area (TPSA) is 13.1 Å². The fraction of sp³-hybridized carbons (Fsp3) is 0.615. The number of quaternary nitrogens is 1. The van der Waals surface area contributed by atoms with Crippen LogP contribution >= 0.6 is 0 Å². The monoisotopic (exact) mass is 222 g/mol. The van der Waals surface area contributed by atoms with Gasteiger partial charge in [-0.25, -0.2) is 0 Å². The maximum absolute atomic E-state index is 5.16. The van der Waals surface area contributed by atoms with Crippen LogP contribution in [-0.4, -0.2) is 32.2 Å². The highest BCUT2D eigenvalue weighted by Gasteiger charge is 2.36. The lowest BCUT2D eigenvalue weighted by atomic mass is 10.1. The molecule has 1 aromatic heterocycles. The third kappa shape index (κ3) is 2.25. The van der Waals surface area contributed by atoms with Gasteiger partial charge in [0.15, 0.2) is 12.4 Å². The van der Waals surface area contributed by atoms with Crippen LogP contribution in [0.3, 0.4) is 0 Å². The standard InChI is InChI=1S/C13H22N2O/c1-15(2)9-5-7-13(15)12-6-4-8-14(10-12)11-16-3/h4,6,8,10,13H,5,7,9,11H2,1-3H3/q+2/t13-/m1/s1. The smallest absolute Gasteiger partial charge is 0.252 e. The molecule has 88 valence electrons. The molecule has 0 amide bonds. The fourth-order valence-electron chi connectivity index (χ4n) is 2.74. The van der Waals surface area contributed by atoms with E-state index in [1.165, 1.54) is 24.9 Å². The molecule has 1 aromatic rings. The predicted octanol–water partition coefficient (Wildman–Crippen LogP) is 1.49. The van der Waals surface area contributed by atoms with E-state index >= 15 is 0 Å². The van der Waals surface area contributed by atoms with Crippen molar-refractivity contribution in [1.29, 1.82) is 0 Å². The number of rotatable bonds is 3. The normalized spacial score (nSPS) is 23.6. The molecule has 1 aliphatic heterocycles. The van der Waals surface area contributed by atoms with Gasteiger partial charge in [0.25, 0.3) is 6.73 Å². The number of hydrogen-bond acceptors (Lipinski definition) is 1. The first-order chi connectivity index (χ1) is 7.63. The summed E-state index contributed by atoms with van der Waals surface area (Å²) < 4.78 is 8.37. The first-order valence-electron chi connectivity index (χ1n) is 5.94. The lowest BCUT2D eigenvalue weighted by Gasteiger charge is -2.31. The first-order valence-corrected chi connectivity index (χ1v) is 5.94. The highest BCUT2D eigenvalue weighted by molar-refractivity contribution is 5.10. The number of aromatic nitrogens is 1. The summed E-state index contributed by atoms with van der Waals surface area (Å²) in [6.07, 6.45) is 6.91. The minimum absolute atomic E-state index is 0.633. The summed E-state index contributed by atoms with van der Waals surface area (Å²) in [6, 6.07) is 5.00. The first kappa shape index (κ1) is 11.6. The molecule has 3 heteroatoms. The van der Waals surface area contributed by atoms with Crippen molar-refractivity contribution in [2.75, 3.05) is 27.7 Å². The molecular weight excluding hydrogens is 200 g/mol. The molecule has 1 fully saturated rings. The van der Waals surface area contributed by atoms with Crippen molar-refractivity contribution in [3.05, 3.63) is 30.1 Å². The molecule has 0 aromatic carbocycles. The summed E-state index contributed by atoms with van der Waals surface area (Å²) in [5.74, 6) is 0. The molecule has 1 saturated heterocycles. The van der Waals surface area contributed by atoms with Crippen molar-refractivity contribution in [2.45, 2.75) is 25.6 Å². The lowest BCUT2D eigenvalue weighted by molar-refractivity contribution is -0.908. The second-order valence-electron chi connectivity index (χ2n) is 5.23. The van der Waals surface area contributed by atoms with E-state index in [-0.39, 0.29) is 0 Å². The largest absolute Gasteiger partial charge is 0.327 e. The average molecular weight is 222 g/mol. The van der Waals surface area contributed by atoms with E-state index in [1.54, 1.807) is 7.11 Å². The summed E-state index contributed by atoms with van der Waals surface area (Å²) in [5, 5.41) is 0. The Morgan fingerprint density at radius 1 is 1.50 bits per heavy atom. The van der Waals surface area contributed by atoms with E-state index in [2.05, 4.69) is 43.2 Å². The molecular formula is C13H22N2O+2. The zero-order valence-corrected chi connectivity index (χ0v) is 10.5. The quantitative estimate of drug-likeness (QED) is 0.558. The van der Waals surface area contributed by atoms with Crippen LogP contribution in [0.1, 0.15) is 24.4 Å². The van der Waals surface area contributed by atoms with Crippen LogP contribution in [0.15, 0.2) is 24.5 Å². The molecule has 3 nitrogen and oxygen atoms in total. The molecule has 1 atom stereocenters. The van der Waals surface area contributed by atoms with Crippen molar-refractivity contribution >= 4 is 0 Å². The Morgan fingerprint density at radius 3 is 2.94 bits per heavy atom. The zero-order chi connectivity index (χ0) is 11.6. The second-order valence-corrected chi connectivity index (χ2v) is 5.23. The lowest BCUT2D eigenvalue weighted by Crippen LogP contribution is -2.40. The van der Waals surface area contributed by atoms with Crippen LogP contribution in [0.4, 0.5) is 0 Å². The molecule has 16 heavy (non-hydrogen) atoms. The Hall–Kier alpha value is -0.930. The Morgan fingerprint density at radius 2 is 2.31 bits per heavy atom. The van der Waals surface area contributed by atoms with Gasteiger partial charge in [-0.2, -0.15) is 4.57 Å². The Balaban J connectivity index is 2.23. The molecule has 2 heterocycles. The number of methoxy groups -OCH3 is 1. The van der Waals surface area contributed by atoms with E-state index in [9.17, 15) is 0 Å². The maximum Gasteiger partial charge on any atom is 0.252 e. The number of nitrogens with zero attached hydrogens (tertiary/aromatic N) is 2. The van der Waals surface area contributed by atoms with Gasteiger partial charge in [0.05, 0.1) is 26.2 Å². The van der Waals surface area contributed by atoms with Crippen molar-refractivity contribution in [3.8, 4) is 0 Å². The van der Waals surface area contributed by atoms with Gasteiger partial charge in [0.2, 0.25) is 0 Å². The van der Waals surface area contributed by atoms with Crippen LogP contribution in [-0.2, 0) is 11.5 Å². The molecule has 0 bridgehead atoms. The molecule has 2 rings (SSSR count). The zero-order valence-electron chi connectivity index (χ0n) is 10.5. The minimum Gasteiger partial charge on any atom is -0.327 e. The molecule has 0 radical (unpaired) electrons. The van der Waals surface area contributed by atoms with Gasteiger partial charge in [-0.15, -0.1) is 0 Å². The second kappa shape index (κ2) is 4.52. The molecule has 0 spiro atoms. The van der Waals surface area contributed by atoms with Gasteiger partial charge in [-0.05, 0) is 6.07 Å². The third-order valence-electron chi connectivity index (χ3n) is 3.60. The average Bonchev–Trinajstić information content (AvgIpc) is 2.59. The number of likely N-dealkylation sites (tertiary alicyclic amines) is 1. The molecule has 1 aliphatic rings. The van der Waals surface area contributed by atoms with Crippen molar-refractivity contribution in [3.63, 3.8) is 0 Å². The molecule has 0 N–H and O–H groups in total. The molecule has 0 aliphatic carbocycles. The van der Waals surface area contributed by atoms with Gasteiger partial charge in [0, 0.05) is 26.0 Å².